The van der Waals surface area contributed by atoms with Gasteiger partial charge in [-0.2, -0.15) is 5.10 Å². The Bertz CT molecular complexity index is 838. The SMILES string of the molecule is Cn1cc(/C=C/C(=O)Nc2cc(Cl)ccc2C(=O)N2CCCCC2)cn1. The molecule has 1 N–H and O–H groups in total. The van der Waals surface area contributed by atoms with Crippen LogP contribution in [-0.2, 0) is 11.8 Å². The van der Waals surface area contributed by atoms with E-state index < -0.39 is 0 Å². The average Bonchev–Trinajstić information content (AvgIpc) is 3.06. The van der Waals surface area contributed by atoms with Crippen LogP contribution in [0.4, 0.5) is 5.69 Å². The van der Waals surface area contributed by atoms with Gasteiger partial charge in [-0.1, -0.05) is 11.6 Å². The molecule has 2 amide bonds. The number of nitrogens with zero attached hydrogens (tertiary/aromatic N) is 3. The lowest BCUT2D eigenvalue weighted by Crippen LogP contribution is -2.36. The topological polar surface area (TPSA) is 67.2 Å². The van der Waals surface area contributed by atoms with E-state index in [0.29, 0.717) is 16.3 Å². The predicted octanol–water partition coefficient (Wildman–Crippen LogP) is 3.35. The van der Waals surface area contributed by atoms with E-state index in [9.17, 15) is 9.59 Å². The number of halogens is 1. The van der Waals surface area contributed by atoms with Crippen molar-refractivity contribution in [2.45, 2.75) is 19.3 Å². The summed E-state index contributed by atoms with van der Waals surface area (Å²) in [6, 6.07) is 4.94. The maximum absolute atomic E-state index is 12.8. The average molecular weight is 373 g/mol. The zero-order chi connectivity index (χ0) is 18.5. The maximum atomic E-state index is 12.8. The number of likely N-dealkylation sites (tertiary alicyclic amines) is 1. The number of aryl methyl sites for hydroxylation is 1. The van der Waals surface area contributed by atoms with E-state index in [1.165, 1.54) is 6.08 Å². The summed E-state index contributed by atoms with van der Waals surface area (Å²) in [6.07, 6.45) is 9.70. The van der Waals surface area contributed by atoms with E-state index >= 15 is 0 Å². The molecule has 0 aliphatic carbocycles. The summed E-state index contributed by atoms with van der Waals surface area (Å²) in [4.78, 5) is 26.9. The Morgan fingerprint density at radius 3 is 2.69 bits per heavy atom. The molecule has 136 valence electrons. The van der Waals surface area contributed by atoms with Gasteiger partial charge in [0.1, 0.15) is 0 Å². The van der Waals surface area contributed by atoms with Crippen LogP contribution in [0.25, 0.3) is 6.08 Å². The van der Waals surface area contributed by atoms with Crippen LogP contribution in [0.15, 0.2) is 36.7 Å². The molecule has 0 radical (unpaired) electrons. The van der Waals surface area contributed by atoms with E-state index in [4.69, 9.17) is 11.6 Å². The number of hydrogen-bond acceptors (Lipinski definition) is 3. The third-order valence-corrected chi connectivity index (χ3v) is 4.50. The fraction of sp³-hybridized carbons (Fsp3) is 0.316. The second-order valence-electron chi connectivity index (χ2n) is 6.31. The van der Waals surface area contributed by atoms with Gasteiger partial charge in [0.2, 0.25) is 5.91 Å². The van der Waals surface area contributed by atoms with Crippen LogP contribution in [0, 0.1) is 0 Å². The maximum Gasteiger partial charge on any atom is 0.255 e. The third kappa shape index (κ3) is 4.52. The Hall–Kier alpha value is -2.60. The van der Waals surface area contributed by atoms with Gasteiger partial charge >= 0.3 is 0 Å². The first kappa shape index (κ1) is 18.2. The van der Waals surface area contributed by atoms with E-state index in [1.807, 2.05) is 11.9 Å². The number of hydrogen-bond donors (Lipinski definition) is 1. The molecule has 1 saturated heterocycles. The molecular weight excluding hydrogens is 352 g/mol. The summed E-state index contributed by atoms with van der Waals surface area (Å²) >= 11 is 6.06. The molecule has 2 aromatic rings. The molecule has 7 heteroatoms. The Balaban J connectivity index is 1.75. The van der Waals surface area contributed by atoms with Crippen LogP contribution in [0.3, 0.4) is 0 Å². The zero-order valence-electron chi connectivity index (χ0n) is 14.6. The van der Waals surface area contributed by atoms with Gasteiger partial charge in [-0.3, -0.25) is 14.3 Å². The van der Waals surface area contributed by atoms with Crippen molar-refractivity contribution in [3.8, 4) is 0 Å². The van der Waals surface area contributed by atoms with Crippen LogP contribution in [0.5, 0.6) is 0 Å². The van der Waals surface area contributed by atoms with Gasteiger partial charge in [-0.05, 0) is 43.5 Å². The standard InChI is InChI=1S/C19H21ClN4O2/c1-23-13-14(12-21-23)5-8-18(25)22-17-11-15(20)6-7-16(17)19(26)24-9-3-2-4-10-24/h5-8,11-13H,2-4,9-10H2,1H3,(H,22,25)/b8-5+. The lowest BCUT2D eigenvalue weighted by molar-refractivity contribution is -0.111. The van der Waals surface area contributed by atoms with Crippen molar-refractivity contribution >= 4 is 35.2 Å². The van der Waals surface area contributed by atoms with Crippen LogP contribution < -0.4 is 5.32 Å². The largest absolute Gasteiger partial charge is 0.339 e. The molecule has 26 heavy (non-hydrogen) atoms. The van der Waals surface area contributed by atoms with Crippen molar-refractivity contribution in [3.63, 3.8) is 0 Å². The molecule has 0 unspecified atom stereocenters. The molecule has 0 spiro atoms. The monoisotopic (exact) mass is 372 g/mol. The molecular formula is C19H21ClN4O2. The Kier molecular flexibility index (Phi) is 5.73. The first-order valence-corrected chi connectivity index (χ1v) is 8.97. The summed E-state index contributed by atoms with van der Waals surface area (Å²) in [5, 5.41) is 7.27. The Labute approximate surface area is 157 Å². The molecule has 1 aromatic heterocycles. The molecule has 1 aliphatic heterocycles. The highest BCUT2D eigenvalue weighted by Crippen LogP contribution is 2.24. The van der Waals surface area contributed by atoms with Gasteiger partial charge in [-0.25, -0.2) is 0 Å². The van der Waals surface area contributed by atoms with E-state index in [2.05, 4.69) is 10.4 Å². The lowest BCUT2D eigenvalue weighted by Gasteiger charge is -2.27. The Morgan fingerprint density at radius 2 is 2.00 bits per heavy atom. The van der Waals surface area contributed by atoms with E-state index in [1.54, 1.807) is 41.4 Å². The van der Waals surface area contributed by atoms with Crippen molar-refractivity contribution in [2.75, 3.05) is 18.4 Å². The second-order valence-corrected chi connectivity index (χ2v) is 6.75. The number of carbonyl (C=O) groups is 2. The summed E-state index contributed by atoms with van der Waals surface area (Å²) in [7, 11) is 1.81. The number of carbonyl (C=O) groups excluding carboxylic acids is 2. The number of nitrogens with one attached hydrogen (secondary N) is 1. The lowest BCUT2D eigenvalue weighted by atomic mass is 10.1. The van der Waals surface area contributed by atoms with Crippen molar-refractivity contribution in [1.29, 1.82) is 0 Å². The quantitative estimate of drug-likeness (QED) is 0.837. The Morgan fingerprint density at radius 1 is 1.23 bits per heavy atom. The highest BCUT2D eigenvalue weighted by Gasteiger charge is 2.21. The minimum Gasteiger partial charge on any atom is -0.339 e. The zero-order valence-corrected chi connectivity index (χ0v) is 15.4. The van der Waals surface area contributed by atoms with Gasteiger partial charge in [0.05, 0.1) is 17.4 Å². The fourth-order valence-electron chi connectivity index (χ4n) is 2.95. The smallest absolute Gasteiger partial charge is 0.255 e. The molecule has 3 rings (SSSR count). The normalized spacial score (nSPS) is 14.6. The number of piperidine rings is 1. The predicted molar refractivity (Wildman–Crippen MR) is 102 cm³/mol. The van der Waals surface area contributed by atoms with Crippen molar-refractivity contribution in [2.24, 2.45) is 7.05 Å². The minimum atomic E-state index is -0.330. The van der Waals surface area contributed by atoms with E-state index in [0.717, 1.165) is 37.9 Å². The van der Waals surface area contributed by atoms with Crippen LogP contribution in [0.2, 0.25) is 5.02 Å². The third-order valence-electron chi connectivity index (χ3n) is 4.27. The van der Waals surface area contributed by atoms with Crippen molar-refractivity contribution in [3.05, 3.63) is 52.8 Å². The fourth-order valence-corrected chi connectivity index (χ4v) is 3.12. The molecule has 1 aromatic carbocycles. The summed E-state index contributed by atoms with van der Waals surface area (Å²) in [5.41, 5.74) is 1.70. The van der Waals surface area contributed by atoms with Crippen molar-refractivity contribution < 1.29 is 9.59 Å². The number of benzene rings is 1. The van der Waals surface area contributed by atoms with Gasteiger partial charge < -0.3 is 10.2 Å². The molecule has 1 aliphatic rings. The van der Waals surface area contributed by atoms with Crippen molar-refractivity contribution in [1.82, 2.24) is 14.7 Å². The van der Waals surface area contributed by atoms with Gasteiger partial charge in [-0.15, -0.1) is 0 Å². The highest BCUT2D eigenvalue weighted by atomic mass is 35.5. The number of aromatic nitrogens is 2. The van der Waals surface area contributed by atoms with Gasteiger partial charge in [0.15, 0.2) is 0 Å². The molecule has 2 heterocycles. The highest BCUT2D eigenvalue weighted by molar-refractivity contribution is 6.31. The molecule has 6 nitrogen and oxygen atoms in total. The van der Waals surface area contributed by atoms with Gasteiger partial charge in [0, 0.05) is 43.0 Å². The second kappa shape index (κ2) is 8.19. The first-order valence-electron chi connectivity index (χ1n) is 8.59. The summed E-state index contributed by atoms with van der Waals surface area (Å²) in [5.74, 6) is -0.406. The summed E-state index contributed by atoms with van der Waals surface area (Å²) in [6.45, 7) is 1.49. The first-order chi connectivity index (χ1) is 12.5. The van der Waals surface area contributed by atoms with Gasteiger partial charge in [0.25, 0.3) is 5.91 Å². The molecule has 0 atom stereocenters. The number of rotatable bonds is 4. The number of amides is 2. The minimum absolute atomic E-state index is 0.0760. The summed E-state index contributed by atoms with van der Waals surface area (Å²) < 4.78 is 1.66. The number of anilines is 1. The molecule has 0 saturated carbocycles. The molecule has 1 fully saturated rings. The van der Waals surface area contributed by atoms with E-state index in [-0.39, 0.29) is 11.8 Å². The molecule has 0 bridgehead atoms. The van der Waals surface area contributed by atoms with Crippen LogP contribution in [0.1, 0.15) is 35.2 Å². The van der Waals surface area contributed by atoms with Crippen LogP contribution >= 0.6 is 11.6 Å². The van der Waals surface area contributed by atoms with Crippen LogP contribution in [-0.4, -0.2) is 39.6 Å².